The van der Waals surface area contributed by atoms with E-state index in [1.54, 1.807) is 11.3 Å². The van der Waals surface area contributed by atoms with Crippen LogP contribution in [0, 0.1) is 5.92 Å². The summed E-state index contributed by atoms with van der Waals surface area (Å²) in [6, 6.07) is 5.01. The molecule has 2 fully saturated rings. The summed E-state index contributed by atoms with van der Waals surface area (Å²) in [6.07, 6.45) is 4.13. The Balaban J connectivity index is 1.43. The highest BCUT2D eigenvalue weighted by Crippen LogP contribution is 2.26. The predicted octanol–water partition coefficient (Wildman–Crippen LogP) is 2.98. The highest BCUT2D eigenvalue weighted by Gasteiger charge is 2.26. The van der Waals surface area contributed by atoms with E-state index in [9.17, 15) is 0 Å². The Labute approximate surface area is 112 Å². The number of nitrogens with one attached hydrogen (secondary N) is 1. The first kappa shape index (κ1) is 12.0. The molecule has 94 valence electrons. The van der Waals surface area contributed by atoms with Crippen LogP contribution in [0.1, 0.15) is 24.1 Å². The van der Waals surface area contributed by atoms with E-state index in [1.165, 1.54) is 43.8 Å². The van der Waals surface area contributed by atoms with Gasteiger partial charge in [0.05, 0.1) is 4.34 Å². The summed E-state index contributed by atoms with van der Waals surface area (Å²) in [5, 5.41) is 3.64. The maximum atomic E-state index is 5.96. The second kappa shape index (κ2) is 5.27. The average molecular weight is 271 g/mol. The number of hydrogen-bond donors (Lipinski definition) is 1. The van der Waals surface area contributed by atoms with Crippen LogP contribution in [0.15, 0.2) is 12.1 Å². The molecule has 2 aliphatic rings. The predicted molar refractivity (Wildman–Crippen MR) is 73.7 cm³/mol. The minimum absolute atomic E-state index is 0.847. The monoisotopic (exact) mass is 270 g/mol. The van der Waals surface area contributed by atoms with Crippen LogP contribution in [0.25, 0.3) is 0 Å². The average Bonchev–Trinajstić information content (AvgIpc) is 2.90. The number of thiophene rings is 1. The van der Waals surface area contributed by atoms with Crippen LogP contribution >= 0.6 is 22.9 Å². The Kier molecular flexibility index (Phi) is 3.71. The molecule has 0 bridgehead atoms. The maximum absolute atomic E-state index is 5.96. The lowest BCUT2D eigenvalue weighted by molar-refractivity contribution is 0.317. The van der Waals surface area contributed by atoms with E-state index in [4.69, 9.17) is 11.6 Å². The van der Waals surface area contributed by atoms with Gasteiger partial charge in [0.1, 0.15) is 0 Å². The fraction of sp³-hybridized carbons (Fsp3) is 0.692. The molecule has 0 aromatic carbocycles. The van der Waals surface area contributed by atoms with E-state index in [1.807, 2.05) is 6.07 Å². The lowest BCUT2D eigenvalue weighted by Crippen LogP contribution is -2.27. The first-order valence-corrected chi connectivity index (χ1v) is 7.69. The van der Waals surface area contributed by atoms with E-state index in [0.29, 0.717) is 0 Å². The van der Waals surface area contributed by atoms with Gasteiger partial charge in [0.15, 0.2) is 0 Å². The van der Waals surface area contributed by atoms with Crippen LogP contribution in [-0.2, 0) is 6.54 Å². The van der Waals surface area contributed by atoms with Gasteiger partial charge in [-0.15, -0.1) is 11.3 Å². The Morgan fingerprint density at radius 1 is 1.35 bits per heavy atom. The van der Waals surface area contributed by atoms with Gasteiger partial charge in [-0.05, 0) is 50.4 Å². The third-order valence-electron chi connectivity index (χ3n) is 3.65. The third kappa shape index (κ3) is 3.44. The molecule has 0 amide bonds. The minimum atomic E-state index is 0.847. The molecule has 1 unspecified atom stereocenters. The molecule has 2 heterocycles. The van der Waals surface area contributed by atoms with Gasteiger partial charge in [-0.3, -0.25) is 4.90 Å². The fourth-order valence-corrected chi connectivity index (χ4v) is 3.63. The van der Waals surface area contributed by atoms with Crippen molar-refractivity contribution in [2.75, 3.05) is 19.6 Å². The van der Waals surface area contributed by atoms with Crippen LogP contribution in [0.5, 0.6) is 0 Å². The van der Waals surface area contributed by atoms with E-state index in [2.05, 4.69) is 16.3 Å². The molecule has 1 saturated carbocycles. The summed E-state index contributed by atoms with van der Waals surface area (Å²) >= 11 is 7.67. The molecule has 3 rings (SSSR count). The molecule has 1 aromatic heterocycles. The molecule has 1 saturated heterocycles. The molecule has 1 aliphatic heterocycles. The number of rotatable bonds is 5. The van der Waals surface area contributed by atoms with Crippen LogP contribution in [0.2, 0.25) is 4.34 Å². The highest BCUT2D eigenvalue weighted by atomic mass is 35.5. The number of hydrogen-bond acceptors (Lipinski definition) is 3. The van der Waals surface area contributed by atoms with Crippen molar-refractivity contribution in [1.29, 1.82) is 0 Å². The molecule has 1 N–H and O–H groups in total. The lowest BCUT2D eigenvalue weighted by Gasteiger charge is -2.15. The number of halogens is 1. The zero-order chi connectivity index (χ0) is 11.7. The van der Waals surface area contributed by atoms with Crippen molar-refractivity contribution in [3.63, 3.8) is 0 Å². The molecule has 2 nitrogen and oxygen atoms in total. The smallest absolute Gasteiger partial charge is 0.0931 e. The van der Waals surface area contributed by atoms with Gasteiger partial charge in [0.25, 0.3) is 0 Å². The SMILES string of the molecule is Clc1ccc(CN2CCC(CNC3CC3)C2)s1. The van der Waals surface area contributed by atoms with Crippen molar-refractivity contribution in [1.82, 2.24) is 10.2 Å². The Morgan fingerprint density at radius 2 is 2.24 bits per heavy atom. The molecular weight excluding hydrogens is 252 g/mol. The summed E-state index contributed by atoms with van der Waals surface area (Å²) in [4.78, 5) is 3.95. The second-order valence-electron chi connectivity index (χ2n) is 5.28. The minimum Gasteiger partial charge on any atom is -0.314 e. The van der Waals surface area contributed by atoms with E-state index < -0.39 is 0 Å². The first-order valence-electron chi connectivity index (χ1n) is 6.49. The van der Waals surface area contributed by atoms with Crippen LogP contribution < -0.4 is 5.32 Å². The molecule has 1 atom stereocenters. The normalized spacial score (nSPS) is 25.6. The molecule has 0 radical (unpaired) electrons. The summed E-state index contributed by atoms with van der Waals surface area (Å²) < 4.78 is 0.908. The topological polar surface area (TPSA) is 15.3 Å². The van der Waals surface area contributed by atoms with Crippen molar-refractivity contribution < 1.29 is 0 Å². The molecule has 1 aromatic rings. The van der Waals surface area contributed by atoms with E-state index >= 15 is 0 Å². The van der Waals surface area contributed by atoms with Crippen molar-refractivity contribution >= 4 is 22.9 Å². The molecule has 4 heteroatoms. The number of likely N-dealkylation sites (tertiary alicyclic amines) is 1. The van der Waals surface area contributed by atoms with Crippen LogP contribution in [0.3, 0.4) is 0 Å². The van der Waals surface area contributed by atoms with Gasteiger partial charge in [0.2, 0.25) is 0 Å². The van der Waals surface area contributed by atoms with Crippen LogP contribution in [-0.4, -0.2) is 30.6 Å². The molecular formula is C13H19ClN2S. The fourth-order valence-electron chi connectivity index (χ4n) is 2.50. The Bertz CT molecular complexity index is 375. The van der Waals surface area contributed by atoms with E-state index in [-0.39, 0.29) is 0 Å². The largest absolute Gasteiger partial charge is 0.314 e. The van der Waals surface area contributed by atoms with Crippen LogP contribution in [0.4, 0.5) is 0 Å². The van der Waals surface area contributed by atoms with Crippen molar-refractivity contribution in [2.24, 2.45) is 5.92 Å². The zero-order valence-corrected chi connectivity index (χ0v) is 11.6. The highest BCUT2D eigenvalue weighted by molar-refractivity contribution is 7.16. The van der Waals surface area contributed by atoms with Gasteiger partial charge in [-0.2, -0.15) is 0 Å². The quantitative estimate of drug-likeness (QED) is 0.885. The number of nitrogens with zero attached hydrogens (tertiary/aromatic N) is 1. The first-order chi connectivity index (χ1) is 8.29. The zero-order valence-electron chi connectivity index (χ0n) is 9.99. The summed E-state index contributed by atoms with van der Waals surface area (Å²) in [5.41, 5.74) is 0. The molecule has 17 heavy (non-hydrogen) atoms. The second-order valence-corrected chi connectivity index (χ2v) is 7.08. The summed E-state index contributed by atoms with van der Waals surface area (Å²) in [6.45, 7) is 4.78. The van der Waals surface area contributed by atoms with Gasteiger partial charge in [0, 0.05) is 24.0 Å². The van der Waals surface area contributed by atoms with Crippen molar-refractivity contribution in [2.45, 2.75) is 31.8 Å². The van der Waals surface area contributed by atoms with Gasteiger partial charge >= 0.3 is 0 Å². The van der Waals surface area contributed by atoms with Gasteiger partial charge in [-0.1, -0.05) is 11.6 Å². The Morgan fingerprint density at radius 3 is 2.94 bits per heavy atom. The maximum Gasteiger partial charge on any atom is 0.0931 e. The van der Waals surface area contributed by atoms with Gasteiger partial charge < -0.3 is 5.32 Å². The summed E-state index contributed by atoms with van der Waals surface area (Å²) in [5.74, 6) is 0.853. The van der Waals surface area contributed by atoms with Crippen molar-refractivity contribution in [3.8, 4) is 0 Å². The molecule has 0 spiro atoms. The van der Waals surface area contributed by atoms with Gasteiger partial charge in [-0.25, -0.2) is 0 Å². The third-order valence-corrected chi connectivity index (χ3v) is 4.87. The molecule has 1 aliphatic carbocycles. The van der Waals surface area contributed by atoms with E-state index in [0.717, 1.165) is 22.8 Å². The standard InChI is InChI=1S/C13H19ClN2S/c14-13-4-3-12(17-13)9-16-6-5-10(8-16)7-15-11-1-2-11/h3-4,10-11,15H,1-2,5-9H2. The summed E-state index contributed by atoms with van der Waals surface area (Å²) in [7, 11) is 0. The lowest BCUT2D eigenvalue weighted by atomic mass is 10.1. The Hall–Kier alpha value is -0.0900. The van der Waals surface area contributed by atoms with Crippen molar-refractivity contribution in [3.05, 3.63) is 21.3 Å².